The highest BCUT2D eigenvalue weighted by Crippen LogP contribution is 2.27. The first-order valence-corrected chi connectivity index (χ1v) is 11.6. The lowest BCUT2D eigenvalue weighted by Crippen LogP contribution is -2.05. The van der Waals surface area contributed by atoms with E-state index in [0.717, 1.165) is 45.7 Å². The summed E-state index contributed by atoms with van der Waals surface area (Å²) in [5.41, 5.74) is 4.89. The van der Waals surface area contributed by atoms with Crippen LogP contribution in [0, 0.1) is 0 Å². The number of aryl methyl sites for hydroxylation is 2. The molecule has 3 aromatic rings. The largest absolute Gasteiger partial charge is 0.392 e. The Balaban J connectivity index is 1.75. The molecule has 1 unspecified atom stereocenters. The van der Waals surface area contributed by atoms with Crippen LogP contribution in [-0.4, -0.2) is 24.8 Å². The number of aromatic nitrogens is 1. The molecule has 1 amide bonds. The van der Waals surface area contributed by atoms with Crippen LogP contribution in [-0.2, 0) is 47.5 Å². The van der Waals surface area contributed by atoms with Crippen molar-refractivity contribution in [2.24, 2.45) is 0 Å². The van der Waals surface area contributed by atoms with Gasteiger partial charge < -0.3 is 15.0 Å². The number of amides is 1. The van der Waals surface area contributed by atoms with Gasteiger partial charge in [0.2, 0.25) is 5.91 Å². The fourth-order valence-electron chi connectivity index (χ4n) is 3.08. The summed E-state index contributed by atoms with van der Waals surface area (Å²) in [6.07, 6.45) is 2.23. The SMILES string of the molecule is CC(=O)Nc1nc(CCc2ccc(CO)cc2)c(Cc2ccc(CS(=O)O)cc2)s1. The zero-order chi connectivity index (χ0) is 21.5. The molecule has 0 fully saturated rings. The molecule has 1 aromatic heterocycles. The van der Waals surface area contributed by atoms with Crippen LogP contribution in [0.2, 0.25) is 0 Å². The van der Waals surface area contributed by atoms with Crippen molar-refractivity contribution in [1.29, 1.82) is 0 Å². The van der Waals surface area contributed by atoms with Crippen molar-refractivity contribution in [2.75, 3.05) is 5.32 Å². The monoisotopic (exact) mass is 444 g/mol. The number of anilines is 1. The molecule has 0 bridgehead atoms. The molecular formula is C22H24N2O4S2. The van der Waals surface area contributed by atoms with Crippen LogP contribution >= 0.6 is 11.3 Å². The summed E-state index contributed by atoms with van der Waals surface area (Å²) < 4.78 is 20.0. The molecule has 1 atom stereocenters. The summed E-state index contributed by atoms with van der Waals surface area (Å²) in [4.78, 5) is 17.2. The lowest BCUT2D eigenvalue weighted by molar-refractivity contribution is -0.114. The fourth-order valence-corrected chi connectivity index (χ4v) is 4.64. The molecule has 0 radical (unpaired) electrons. The topological polar surface area (TPSA) is 99.5 Å². The van der Waals surface area contributed by atoms with Crippen LogP contribution in [0.1, 0.15) is 39.7 Å². The molecule has 0 aliphatic rings. The maximum atomic E-state index is 11.4. The molecule has 0 spiro atoms. The zero-order valence-corrected chi connectivity index (χ0v) is 18.3. The van der Waals surface area contributed by atoms with Gasteiger partial charge >= 0.3 is 0 Å². The first-order chi connectivity index (χ1) is 14.4. The van der Waals surface area contributed by atoms with Gasteiger partial charge in [-0.25, -0.2) is 9.19 Å². The van der Waals surface area contributed by atoms with E-state index in [9.17, 15) is 14.1 Å². The first-order valence-electron chi connectivity index (χ1n) is 9.53. The van der Waals surface area contributed by atoms with Crippen LogP contribution in [0.4, 0.5) is 5.13 Å². The highest BCUT2D eigenvalue weighted by molar-refractivity contribution is 7.78. The van der Waals surface area contributed by atoms with E-state index < -0.39 is 11.1 Å². The third-order valence-electron chi connectivity index (χ3n) is 4.60. The van der Waals surface area contributed by atoms with E-state index in [2.05, 4.69) is 10.3 Å². The number of hydrogen-bond acceptors (Lipinski definition) is 5. The Kier molecular flexibility index (Phi) is 7.87. The van der Waals surface area contributed by atoms with Crippen molar-refractivity contribution in [3.8, 4) is 0 Å². The van der Waals surface area contributed by atoms with E-state index in [1.165, 1.54) is 18.3 Å². The van der Waals surface area contributed by atoms with Crippen molar-refractivity contribution >= 4 is 33.5 Å². The average molecular weight is 445 g/mol. The predicted molar refractivity (Wildman–Crippen MR) is 120 cm³/mol. The molecule has 1 heterocycles. The Morgan fingerprint density at radius 3 is 2.20 bits per heavy atom. The van der Waals surface area contributed by atoms with Gasteiger partial charge in [-0.1, -0.05) is 48.5 Å². The number of thiazole rings is 1. The average Bonchev–Trinajstić information content (AvgIpc) is 3.08. The van der Waals surface area contributed by atoms with Crippen molar-refractivity contribution in [3.05, 3.63) is 81.4 Å². The van der Waals surface area contributed by atoms with Crippen LogP contribution < -0.4 is 5.32 Å². The van der Waals surface area contributed by atoms with Crippen molar-refractivity contribution in [1.82, 2.24) is 4.98 Å². The second-order valence-electron chi connectivity index (χ2n) is 7.00. The Morgan fingerprint density at radius 2 is 1.60 bits per heavy atom. The molecule has 3 N–H and O–H groups in total. The second-order valence-corrected chi connectivity index (χ2v) is 9.02. The number of hydrogen-bond donors (Lipinski definition) is 3. The lowest BCUT2D eigenvalue weighted by atomic mass is 10.0. The van der Waals surface area contributed by atoms with E-state index >= 15 is 0 Å². The molecule has 6 nitrogen and oxygen atoms in total. The van der Waals surface area contributed by atoms with Gasteiger partial charge in [0.15, 0.2) is 16.2 Å². The number of aliphatic hydroxyl groups is 1. The van der Waals surface area contributed by atoms with Gasteiger partial charge in [-0.2, -0.15) is 0 Å². The van der Waals surface area contributed by atoms with Crippen LogP contribution in [0.3, 0.4) is 0 Å². The van der Waals surface area contributed by atoms with E-state index in [1.807, 2.05) is 48.5 Å². The maximum absolute atomic E-state index is 11.4. The number of benzene rings is 2. The summed E-state index contributed by atoms with van der Waals surface area (Å²) in [6.45, 7) is 1.50. The van der Waals surface area contributed by atoms with E-state index in [-0.39, 0.29) is 18.3 Å². The van der Waals surface area contributed by atoms with Crippen molar-refractivity contribution in [2.45, 2.75) is 38.5 Å². The smallest absolute Gasteiger partial charge is 0.223 e. The quantitative estimate of drug-likeness (QED) is 0.437. The lowest BCUT2D eigenvalue weighted by Gasteiger charge is -2.05. The third-order valence-corrected chi connectivity index (χ3v) is 6.19. The van der Waals surface area contributed by atoms with Gasteiger partial charge in [-0.3, -0.25) is 4.79 Å². The standard InChI is InChI=1S/C22H24N2O4S2/c1-15(26)23-22-24-20(11-10-16-2-6-18(13-25)7-3-16)21(29-22)12-17-4-8-19(9-5-17)14-30(27)28/h2-9,25H,10-14H2,1H3,(H,27,28)(H,23,24,26). The van der Waals surface area contributed by atoms with Crippen LogP contribution in [0.5, 0.6) is 0 Å². The minimum Gasteiger partial charge on any atom is -0.392 e. The van der Waals surface area contributed by atoms with E-state index in [1.54, 1.807) is 0 Å². The summed E-state index contributed by atoms with van der Waals surface area (Å²) in [7, 11) is 0. The number of nitrogens with one attached hydrogen (secondary N) is 1. The highest BCUT2D eigenvalue weighted by Gasteiger charge is 2.13. The predicted octanol–water partition coefficient (Wildman–Crippen LogP) is 3.69. The van der Waals surface area contributed by atoms with Gasteiger partial charge in [0, 0.05) is 18.2 Å². The van der Waals surface area contributed by atoms with Gasteiger partial charge in [0.25, 0.3) is 0 Å². The maximum Gasteiger partial charge on any atom is 0.223 e. The summed E-state index contributed by atoms with van der Waals surface area (Å²) in [5, 5.41) is 12.5. The second kappa shape index (κ2) is 10.6. The number of rotatable bonds is 9. The van der Waals surface area contributed by atoms with Crippen LogP contribution in [0.25, 0.3) is 0 Å². The molecule has 0 saturated carbocycles. The molecule has 0 saturated heterocycles. The molecule has 30 heavy (non-hydrogen) atoms. The molecule has 2 aromatic carbocycles. The van der Waals surface area contributed by atoms with E-state index in [4.69, 9.17) is 4.55 Å². The summed E-state index contributed by atoms with van der Waals surface area (Å²) in [5.74, 6) is -0.0313. The Morgan fingerprint density at radius 1 is 1.00 bits per heavy atom. The molecular weight excluding hydrogens is 420 g/mol. The van der Waals surface area contributed by atoms with Gasteiger partial charge in [0.05, 0.1) is 18.1 Å². The van der Waals surface area contributed by atoms with Crippen molar-refractivity contribution in [3.63, 3.8) is 0 Å². The molecule has 8 heteroatoms. The van der Waals surface area contributed by atoms with Gasteiger partial charge in [-0.15, -0.1) is 11.3 Å². The van der Waals surface area contributed by atoms with Crippen molar-refractivity contribution < 1.29 is 18.7 Å². The van der Waals surface area contributed by atoms with Gasteiger partial charge in [0.1, 0.15) is 0 Å². The number of aliphatic hydroxyl groups excluding tert-OH is 1. The molecule has 3 rings (SSSR count). The summed E-state index contributed by atoms with van der Waals surface area (Å²) >= 11 is -0.378. The molecule has 158 valence electrons. The zero-order valence-electron chi connectivity index (χ0n) is 16.6. The van der Waals surface area contributed by atoms with E-state index in [0.29, 0.717) is 11.6 Å². The summed E-state index contributed by atoms with van der Waals surface area (Å²) in [6, 6.07) is 15.5. The van der Waals surface area contributed by atoms with Gasteiger partial charge in [-0.05, 0) is 35.1 Å². The number of carbonyl (C=O) groups is 1. The fraction of sp³-hybridized carbons (Fsp3) is 0.273. The minimum atomic E-state index is -1.85. The minimum absolute atomic E-state index is 0.0313. The number of carbonyl (C=O) groups excluding carboxylic acids is 1. The normalized spacial score (nSPS) is 12.0. The van der Waals surface area contributed by atoms with Crippen LogP contribution in [0.15, 0.2) is 48.5 Å². The molecule has 0 aliphatic heterocycles. The molecule has 0 aliphatic carbocycles. The Bertz CT molecular complexity index is 1010. The Hall–Kier alpha value is -2.39. The Labute approximate surface area is 182 Å². The third kappa shape index (κ3) is 6.56. The first kappa shape index (κ1) is 22.3. The number of nitrogens with zero attached hydrogens (tertiary/aromatic N) is 1. The highest BCUT2D eigenvalue weighted by atomic mass is 32.2.